The van der Waals surface area contributed by atoms with Crippen LogP contribution in [0.25, 0.3) is 22.2 Å². The maximum absolute atomic E-state index is 6.30. The van der Waals surface area contributed by atoms with Gasteiger partial charge in [-0.15, -0.1) is 0 Å². The van der Waals surface area contributed by atoms with Crippen molar-refractivity contribution in [3.8, 4) is 17.0 Å². The van der Waals surface area contributed by atoms with Gasteiger partial charge < -0.3 is 15.0 Å². The van der Waals surface area contributed by atoms with Crippen LogP contribution >= 0.6 is 0 Å². The molecular weight excluding hydrogens is 364 g/mol. The number of anilines is 1. The predicted octanol–water partition coefficient (Wildman–Crippen LogP) is 5.41. The zero-order valence-corrected chi connectivity index (χ0v) is 16.9. The first-order valence-corrected chi connectivity index (χ1v) is 10.6. The van der Waals surface area contributed by atoms with Gasteiger partial charge in [0, 0.05) is 16.5 Å². The highest BCUT2D eigenvalue weighted by molar-refractivity contribution is 5.95. The second-order valence-electron chi connectivity index (χ2n) is 8.10. The minimum absolute atomic E-state index is 0.436. The molecule has 2 aromatic carbocycles. The van der Waals surface area contributed by atoms with E-state index in [9.17, 15) is 0 Å². The number of nitrogens with two attached hydrogens (primary N) is 1. The van der Waals surface area contributed by atoms with Crippen LogP contribution in [0.3, 0.4) is 0 Å². The van der Waals surface area contributed by atoms with Crippen LogP contribution in [0.4, 0.5) is 5.69 Å². The van der Waals surface area contributed by atoms with Crippen molar-refractivity contribution in [3.05, 3.63) is 47.5 Å². The number of ether oxygens (including phenoxy) is 1. The van der Waals surface area contributed by atoms with E-state index in [1.54, 1.807) is 7.11 Å². The number of hydrogen-bond donors (Lipinski definition) is 1. The number of aromatic nitrogens is 1. The molecule has 152 valence electrons. The Balaban J connectivity index is 1.77. The van der Waals surface area contributed by atoms with E-state index in [0.29, 0.717) is 24.8 Å². The van der Waals surface area contributed by atoms with Crippen LogP contribution in [0.15, 0.2) is 36.4 Å². The lowest BCUT2D eigenvalue weighted by Gasteiger charge is -2.23. The molecule has 1 saturated carbocycles. The van der Waals surface area contributed by atoms with Crippen LogP contribution in [-0.4, -0.2) is 18.3 Å². The van der Waals surface area contributed by atoms with Crippen LogP contribution in [0, 0.1) is 0 Å². The van der Waals surface area contributed by atoms with Gasteiger partial charge in [0.15, 0.2) is 5.75 Å². The molecule has 1 fully saturated rings. The van der Waals surface area contributed by atoms with Crippen molar-refractivity contribution < 1.29 is 14.5 Å². The topological polar surface area (TPSA) is 58.6 Å². The summed E-state index contributed by atoms with van der Waals surface area (Å²) in [6.07, 6.45) is 6.45. The number of nitrogen functional groups attached to an aromatic ring is 1. The normalized spacial score (nSPS) is 16.9. The van der Waals surface area contributed by atoms with Crippen LogP contribution in [-0.2, 0) is 22.9 Å². The molecule has 0 saturated heterocycles. The summed E-state index contributed by atoms with van der Waals surface area (Å²) in [5.74, 6) is 1.41. The van der Waals surface area contributed by atoms with E-state index < -0.39 is 0 Å². The van der Waals surface area contributed by atoms with Crippen molar-refractivity contribution in [2.45, 2.75) is 51.2 Å². The Morgan fingerprint density at radius 2 is 2.00 bits per heavy atom. The van der Waals surface area contributed by atoms with Crippen molar-refractivity contribution in [2.75, 3.05) is 19.5 Å². The van der Waals surface area contributed by atoms with Crippen molar-refractivity contribution in [1.82, 2.24) is 4.57 Å². The van der Waals surface area contributed by atoms with E-state index in [2.05, 4.69) is 28.8 Å². The molecule has 0 spiro atoms. The lowest BCUT2D eigenvalue weighted by atomic mass is 9.81. The summed E-state index contributed by atoms with van der Waals surface area (Å²) in [5.41, 5.74) is 13.2. The molecule has 0 radical (unpaired) electrons. The van der Waals surface area contributed by atoms with E-state index >= 15 is 0 Å². The van der Waals surface area contributed by atoms with E-state index in [-0.39, 0.29) is 0 Å². The zero-order valence-electron chi connectivity index (χ0n) is 16.9. The molecule has 1 aliphatic carbocycles. The molecule has 0 atom stereocenters. The molecule has 3 aromatic rings. The van der Waals surface area contributed by atoms with Crippen LogP contribution in [0.5, 0.6) is 5.75 Å². The molecular formula is C24H28N2O3. The van der Waals surface area contributed by atoms with Gasteiger partial charge in [0.2, 0.25) is 0 Å². The highest BCUT2D eigenvalue weighted by Crippen LogP contribution is 2.48. The zero-order chi connectivity index (χ0) is 19.8. The minimum atomic E-state index is 0.436. The third-order valence-corrected chi connectivity index (χ3v) is 6.39. The quantitative estimate of drug-likeness (QED) is 0.366. The van der Waals surface area contributed by atoms with Crippen LogP contribution < -0.4 is 10.5 Å². The van der Waals surface area contributed by atoms with Crippen LogP contribution in [0.2, 0.25) is 0 Å². The van der Waals surface area contributed by atoms with Crippen molar-refractivity contribution in [1.29, 1.82) is 0 Å². The highest BCUT2D eigenvalue weighted by atomic mass is 17.2. The number of para-hydroxylation sites is 1. The lowest BCUT2D eigenvalue weighted by molar-refractivity contribution is -0.282. The Hall–Kier alpha value is -2.50. The summed E-state index contributed by atoms with van der Waals surface area (Å²) in [4.78, 5) is 9.99. The fourth-order valence-electron chi connectivity index (χ4n) is 5.11. The van der Waals surface area contributed by atoms with Gasteiger partial charge in [0.1, 0.15) is 13.2 Å². The van der Waals surface area contributed by atoms with Gasteiger partial charge in [0.05, 0.1) is 25.0 Å². The van der Waals surface area contributed by atoms with E-state index in [4.69, 9.17) is 20.2 Å². The highest BCUT2D eigenvalue weighted by Gasteiger charge is 2.29. The van der Waals surface area contributed by atoms with Crippen molar-refractivity contribution in [2.24, 2.45) is 0 Å². The second kappa shape index (κ2) is 7.73. The minimum Gasteiger partial charge on any atom is -0.489 e. The van der Waals surface area contributed by atoms with Gasteiger partial charge in [-0.2, -0.15) is 0 Å². The number of hydrogen-bond acceptors (Lipinski definition) is 4. The lowest BCUT2D eigenvalue weighted by Crippen LogP contribution is -2.07. The molecule has 1 aliphatic heterocycles. The molecule has 5 heteroatoms. The van der Waals surface area contributed by atoms with E-state index in [1.165, 1.54) is 54.3 Å². The average Bonchev–Trinajstić information content (AvgIpc) is 2.94. The molecule has 0 bridgehead atoms. The monoisotopic (exact) mass is 392 g/mol. The summed E-state index contributed by atoms with van der Waals surface area (Å²) < 4.78 is 8.55. The largest absolute Gasteiger partial charge is 0.489 e. The third-order valence-electron chi connectivity index (χ3n) is 6.39. The smallest absolute Gasteiger partial charge is 0.151 e. The molecule has 2 aliphatic rings. The molecule has 2 heterocycles. The summed E-state index contributed by atoms with van der Waals surface area (Å²) in [6.45, 7) is 1.86. The van der Waals surface area contributed by atoms with E-state index in [0.717, 1.165) is 23.4 Å². The molecule has 1 aromatic heterocycles. The van der Waals surface area contributed by atoms with Gasteiger partial charge in [-0.3, -0.25) is 0 Å². The number of fused-ring (bicyclic) bond motifs is 5. The summed E-state index contributed by atoms with van der Waals surface area (Å²) >= 11 is 0. The predicted molar refractivity (Wildman–Crippen MR) is 115 cm³/mol. The summed E-state index contributed by atoms with van der Waals surface area (Å²) in [7, 11) is 1.54. The van der Waals surface area contributed by atoms with Gasteiger partial charge in [-0.1, -0.05) is 37.5 Å². The van der Waals surface area contributed by atoms with Crippen molar-refractivity contribution in [3.63, 3.8) is 0 Å². The maximum atomic E-state index is 6.30. The number of nitrogens with zero attached hydrogens (tertiary/aromatic N) is 1. The fraction of sp³-hybridized carbons (Fsp3) is 0.417. The first-order chi connectivity index (χ1) is 14.3. The number of rotatable bonds is 4. The Bertz CT molecular complexity index is 1030. The first kappa shape index (κ1) is 18.5. The Kier molecular flexibility index (Phi) is 4.94. The number of benzene rings is 2. The molecule has 0 unspecified atom stereocenters. The summed E-state index contributed by atoms with van der Waals surface area (Å²) in [5, 5.41) is 1.35. The first-order valence-electron chi connectivity index (χ1n) is 10.6. The van der Waals surface area contributed by atoms with Gasteiger partial charge in [-0.05, 0) is 48.1 Å². The molecule has 29 heavy (non-hydrogen) atoms. The average molecular weight is 392 g/mol. The molecule has 5 rings (SSSR count). The fourth-order valence-corrected chi connectivity index (χ4v) is 5.11. The van der Waals surface area contributed by atoms with Crippen molar-refractivity contribution >= 4 is 16.6 Å². The van der Waals surface area contributed by atoms with E-state index in [1.807, 2.05) is 12.1 Å². The Labute approximate surface area is 171 Å². The third kappa shape index (κ3) is 3.18. The molecule has 2 N–H and O–H groups in total. The Morgan fingerprint density at radius 3 is 2.83 bits per heavy atom. The Morgan fingerprint density at radius 1 is 1.14 bits per heavy atom. The maximum Gasteiger partial charge on any atom is 0.151 e. The van der Waals surface area contributed by atoms with Crippen LogP contribution in [0.1, 0.15) is 49.1 Å². The van der Waals surface area contributed by atoms with Gasteiger partial charge >= 0.3 is 0 Å². The van der Waals surface area contributed by atoms with Gasteiger partial charge in [0.25, 0.3) is 0 Å². The molecule has 5 nitrogen and oxygen atoms in total. The standard InChI is InChI=1S/C24H28N2O3/c1-27-29-15-16-10-11-18-21(14-16)26-12-13-28-24-19(8-5-9-20(24)25)23(26)22(18)17-6-3-2-4-7-17/h5,8-11,14,17H,2-4,6-7,12-13,15,25H2,1H3. The molecule has 0 amide bonds. The second-order valence-corrected chi connectivity index (χ2v) is 8.10. The summed E-state index contributed by atoms with van der Waals surface area (Å²) in [6, 6.07) is 12.8. The van der Waals surface area contributed by atoms with Gasteiger partial charge in [-0.25, -0.2) is 9.78 Å². The SMILES string of the molecule is COOCc1ccc2c(C3CCCCC3)c3n(c2c1)CCOc1c(N)cccc1-3.